The summed E-state index contributed by atoms with van der Waals surface area (Å²) in [5.41, 5.74) is 6.05. The molecule has 0 spiro atoms. The Bertz CT molecular complexity index is 466. The molecule has 0 aliphatic heterocycles. The number of nitrogens with zero attached hydrogens (tertiary/aromatic N) is 1. The predicted molar refractivity (Wildman–Crippen MR) is 68.4 cm³/mol. The zero-order valence-corrected chi connectivity index (χ0v) is 10.3. The second-order valence-corrected chi connectivity index (χ2v) is 4.67. The van der Waals surface area contributed by atoms with Crippen LogP contribution in [0.15, 0.2) is 35.5 Å². The van der Waals surface area contributed by atoms with Gasteiger partial charge in [-0.05, 0) is 25.3 Å². The molecule has 1 aliphatic rings. The molecule has 18 heavy (non-hydrogen) atoms. The summed E-state index contributed by atoms with van der Waals surface area (Å²) in [7, 11) is 0. The van der Waals surface area contributed by atoms with Crippen LogP contribution in [0.4, 0.5) is 0 Å². The summed E-state index contributed by atoms with van der Waals surface area (Å²) in [4.78, 5) is 12.3. The van der Waals surface area contributed by atoms with E-state index in [1.54, 1.807) is 6.92 Å². The van der Waals surface area contributed by atoms with Crippen molar-refractivity contribution in [3.63, 3.8) is 0 Å². The number of carbonyl (C=O) groups excluding carboxylic acids is 1. The first-order valence-electron chi connectivity index (χ1n) is 5.94. The summed E-state index contributed by atoms with van der Waals surface area (Å²) in [6.07, 6.45) is 1.68. The maximum atomic E-state index is 12.3. The van der Waals surface area contributed by atoms with Crippen LogP contribution in [0.5, 0.6) is 0 Å². The van der Waals surface area contributed by atoms with E-state index in [1.165, 1.54) is 0 Å². The standard InChI is InChI=1S/C13H17N3O2/c1-9(11(14)16-18)15-12(17)13(7-8-13)10-5-3-2-4-6-10/h2-6,9,18H,7-8H2,1H3,(H2,14,16)(H,15,17). The van der Waals surface area contributed by atoms with E-state index in [9.17, 15) is 4.79 Å². The van der Waals surface area contributed by atoms with Gasteiger partial charge in [0.2, 0.25) is 5.91 Å². The molecular formula is C13H17N3O2. The Labute approximate surface area is 106 Å². The molecule has 0 aromatic heterocycles. The van der Waals surface area contributed by atoms with Crippen LogP contribution in [0.1, 0.15) is 25.3 Å². The third-order valence-electron chi connectivity index (χ3n) is 3.42. The average Bonchev–Trinajstić information content (AvgIpc) is 3.20. The molecule has 1 amide bonds. The smallest absolute Gasteiger partial charge is 0.231 e. The van der Waals surface area contributed by atoms with E-state index in [0.717, 1.165) is 18.4 Å². The van der Waals surface area contributed by atoms with Crippen molar-refractivity contribution in [1.82, 2.24) is 5.32 Å². The van der Waals surface area contributed by atoms with Crippen molar-refractivity contribution < 1.29 is 10.0 Å². The van der Waals surface area contributed by atoms with Gasteiger partial charge in [0, 0.05) is 0 Å². The van der Waals surface area contributed by atoms with Crippen molar-refractivity contribution in [2.24, 2.45) is 10.9 Å². The number of amides is 1. The number of oxime groups is 1. The van der Waals surface area contributed by atoms with E-state index in [4.69, 9.17) is 10.9 Å². The van der Waals surface area contributed by atoms with Gasteiger partial charge in [-0.3, -0.25) is 4.79 Å². The minimum absolute atomic E-state index is 0.00668. The van der Waals surface area contributed by atoms with E-state index in [0.29, 0.717) is 0 Å². The lowest BCUT2D eigenvalue weighted by Crippen LogP contribution is -2.46. The van der Waals surface area contributed by atoms with Crippen LogP contribution in [0.25, 0.3) is 0 Å². The maximum absolute atomic E-state index is 12.3. The van der Waals surface area contributed by atoms with E-state index in [-0.39, 0.29) is 11.7 Å². The third kappa shape index (κ3) is 2.16. The van der Waals surface area contributed by atoms with Crippen molar-refractivity contribution in [2.75, 3.05) is 0 Å². The van der Waals surface area contributed by atoms with E-state index in [2.05, 4.69) is 10.5 Å². The van der Waals surface area contributed by atoms with E-state index >= 15 is 0 Å². The molecule has 0 saturated heterocycles. The van der Waals surface area contributed by atoms with E-state index < -0.39 is 11.5 Å². The molecule has 1 aliphatic carbocycles. The monoisotopic (exact) mass is 247 g/mol. The van der Waals surface area contributed by atoms with Gasteiger partial charge in [-0.25, -0.2) is 0 Å². The van der Waals surface area contributed by atoms with Gasteiger partial charge in [-0.2, -0.15) is 0 Å². The number of benzene rings is 1. The lowest BCUT2D eigenvalue weighted by atomic mass is 9.95. The molecule has 5 nitrogen and oxygen atoms in total. The van der Waals surface area contributed by atoms with Crippen LogP contribution in [-0.2, 0) is 10.2 Å². The highest BCUT2D eigenvalue weighted by Crippen LogP contribution is 2.48. The summed E-state index contributed by atoms with van der Waals surface area (Å²) in [6.45, 7) is 1.69. The number of nitrogens with two attached hydrogens (primary N) is 1. The number of carbonyl (C=O) groups is 1. The fraction of sp³-hybridized carbons (Fsp3) is 0.385. The normalized spacial score (nSPS) is 19.1. The number of hydrogen-bond acceptors (Lipinski definition) is 3. The van der Waals surface area contributed by atoms with Gasteiger partial charge in [0.1, 0.15) is 0 Å². The first kappa shape index (κ1) is 12.4. The van der Waals surface area contributed by atoms with Crippen LogP contribution in [0.3, 0.4) is 0 Å². The first-order chi connectivity index (χ1) is 8.60. The minimum Gasteiger partial charge on any atom is -0.409 e. The fourth-order valence-corrected chi connectivity index (χ4v) is 2.02. The van der Waals surface area contributed by atoms with Crippen LogP contribution >= 0.6 is 0 Å². The summed E-state index contributed by atoms with van der Waals surface area (Å²) in [6, 6.07) is 9.23. The average molecular weight is 247 g/mol. The highest BCUT2D eigenvalue weighted by atomic mass is 16.4. The Morgan fingerprint density at radius 2 is 2.06 bits per heavy atom. The molecular weight excluding hydrogens is 230 g/mol. The van der Waals surface area contributed by atoms with Crippen LogP contribution in [0, 0.1) is 0 Å². The van der Waals surface area contributed by atoms with Crippen LogP contribution < -0.4 is 11.1 Å². The molecule has 0 heterocycles. The Morgan fingerprint density at radius 1 is 1.44 bits per heavy atom. The summed E-state index contributed by atoms with van der Waals surface area (Å²) < 4.78 is 0. The zero-order valence-electron chi connectivity index (χ0n) is 10.3. The summed E-state index contributed by atoms with van der Waals surface area (Å²) in [5, 5.41) is 14.2. The molecule has 0 bridgehead atoms. The first-order valence-corrected chi connectivity index (χ1v) is 5.94. The molecule has 1 fully saturated rings. The van der Waals surface area contributed by atoms with Gasteiger partial charge in [-0.15, -0.1) is 0 Å². The van der Waals surface area contributed by atoms with Crippen molar-refractivity contribution >= 4 is 11.7 Å². The molecule has 0 radical (unpaired) electrons. The number of rotatable bonds is 4. The number of amidine groups is 1. The molecule has 1 saturated carbocycles. The highest BCUT2D eigenvalue weighted by molar-refractivity contribution is 5.95. The molecule has 4 N–H and O–H groups in total. The summed E-state index contributed by atoms with van der Waals surface area (Å²) >= 11 is 0. The van der Waals surface area contributed by atoms with Crippen LogP contribution in [0.2, 0.25) is 0 Å². The summed E-state index contributed by atoms with van der Waals surface area (Å²) in [5.74, 6) is -0.0555. The van der Waals surface area contributed by atoms with E-state index in [1.807, 2.05) is 30.3 Å². The maximum Gasteiger partial charge on any atom is 0.231 e. The predicted octanol–water partition coefficient (Wildman–Crippen LogP) is 0.969. The number of nitrogens with one attached hydrogen (secondary N) is 1. The topological polar surface area (TPSA) is 87.7 Å². The molecule has 1 atom stereocenters. The Hall–Kier alpha value is -2.04. The highest BCUT2D eigenvalue weighted by Gasteiger charge is 2.51. The van der Waals surface area contributed by atoms with Crippen molar-refractivity contribution in [1.29, 1.82) is 0 Å². The molecule has 1 aromatic rings. The number of hydrogen-bond donors (Lipinski definition) is 3. The van der Waals surface area contributed by atoms with Gasteiger partial charge in [-0.1, -0.05) is 35.5 Å². The molecule has 5 heteroatoms. The molecule has 96 valence electrons. The Balaban J connectivity index is 2.11. The van der Waals surface area contributed by atoms with Crippen molar-refractivity contribution in [3.8, 4) is 0 Å². The van der Waals surface area contributed by atoms with Gasteiger partial charge >= 0.3 is 0 Å². The second-order valence-electron chi connectivity index (χ2n) is 4.67. The molecule has 1 unspecified atom stereocenters. The molecule has 1 aromatic carbocycles. The minimum atomic E-state index is -0.469. The quantitative estimate of drug-likeness (QED) is 0.320. The molecule has 2 rings (SSSR count). The SMILES string of the molecule is CC(NC(=O)C1(c2ccccc2)CC1)C(N)=NO. The third-order valence-corrected chi connectivity index (χ3v) is 3.42. The van der Waals surface area contributed by atoms with Gasteiger partial charge in [0.25, 0.3) is 0 Å². The Kier molecular flexibility index (Phi) is 3.23. The largest absolute Gasteiger partial charge is 0.409 e. The van der Waals surface area contributed by atoms with Crippen molar-refractivity contribution in [2.45, 2.75) is 31.2 Å². The zero-order chi connectivity index (χ0) is 13.2. The second kappa shape index (κ2) is 4.68. The van der Waals surface area contributed by atoms with Crippen LogP contribution in [-0.4, -0.2) is 23.0 Å². The Morgan fingerprint density at radius 3 is 2.56 bits per heavy atom. The van der Waals surface area contributed by atoms with Crippen molar-refractivity contribution in [3.05, 3.63) is 35.9 Å². The van der Waals surface area contributed by atoms with Gasteiger partial charge in [0.15, 0.2) is 5.84 Å². The van der Waals surface area contributed by atoms with Gasteiger partial charge in [0.05, 0.1) is 11.5 Å². The lowest BCUT2D eigenvalue weighted by molar-refractivity contribution is -0.123. The van der Waals surface area contributed by atoms with Gasteiger partial charge < -0.3 is 16.3 Å². The lowest BCUT2D eigenvalue weighted by Gasteiger charge is -2.19. The fourth-order valence-electron chi connectivity index (χ4n) is 2.02.